The van der Waals surface area contributed by atoms with Gasteiger partial charge >= 0.3 is 5.69 Å². The van der Waals surface area contributed by atoms with Crippen molar-refractivity contribution in [3.8, 4) is 17.6 Å². The molecule has 0 aliphatic heterocycles. The predicted molar refractivity (Wildman–Crippen MR) is 69.9 cm³/mol. The first-order valence-electron chi connectivity index (χ1n) is 5.45. The largest absolute Gasteiger partial charge is 0.497 e. The van der Waals surface area contributed by atoms with Crippen LogP contribution in [0.1, 0.15) is 11.1 Å². The molecule has 0 radical (unpaired) electrons. The Bertz CT molecular complexity index is 654. The van der Waals surface area contributed by atoms with Gasteiger partial charge in [-0.2, -0.15) is 0 Å². The van der Waals surface area contributed by atoms with E-state index in [1.54, 1.807) is 31.4 Å². The zero-order valence-electron chi connectivity index (χ0n) is 10.2. The fourth-order valence-corrected chi connectivity index (χ4v) is 1.45. The summed E-state index contributed by atoms with van der Waals surface area (Å²) in [5, 5.41) is 10.8. The second-order valence-corrected chi connectivity index (χ2v) is 3.63. The Morgan fingerprint density at radius 3 is 2.58 bits per heavy atom. The van der Waals surface area contributed by atoms with Gasteiger partial charge in [0.05, 0.1) is 12.0 Å². The van der Waals surface area contributed by atoms with Crippen LogP contribution in [0.3, 0.4) is 0 Å². The maximum absolute atomic E-state index is 10.8. The number of pyridine rings is 1. The van der Waals surface area contributed by atoms with E-state index in [0.29, 0.717) is 5.56 Å². The van der Waals surface area contributed by atoms with Crippen molar-refractivity contribution in [1.29, 1.82) is 0 Å². The Kier molecular flexibility index (Phi) is 3.74. The number of nitrogens with zero attached hydrogens (tertiary/aromatic N) is 2. The molecule has 5 heteroatoms. The second-order valence-electron chi connectivity index (χ2n) is 3.63. The standard InChI is InChI=1S/C14H10N2O3/c1-19-13-6-3-11(4-7-13)2-5-12-8-9-15-10-14(12)16(17)18/h3-4,6-10H,1H3. The minimum Gasteiger partial charge on any atom is -0.497 e. The number of ether oxygens (including phenoxy) is 1. The SMILES string of the molecule is COc1ccc(C#Cc2ccncc2[N+](=O)[O-])cc1. The fourth-order valence-electron chi connectivity index (χ4n) is 1.45. The first kappa shape index (κ1) is 12.6. The number of benzene rings is 1. The van der Waals surface area contributed by atoms with Crippen molar-refractivity contribution in [2.45, 2.75) is 0 Å². The lowest BCUT2D eigenvalue weighted by atomic mass is 10.2. The van der Waals surface area contributed by atoms with Crippen molar-refractivity contribution in [3.63, 3.8) is 0 Å². The topological polar surface area (TPSA) is 65.3 Å². The molecular formula is C14H10N2O3. The van der Waals surface area contributed by atoms with Crippen molar-refractivity contribution < 1.29 is 9.66 Å². The van der Waals surface area contributed by atoms with Crippen LogP contribution in [0, 0.1) is 22.0 Å². The zero-order chi connectivity index (χ0) is 13.7. The highest BCUT2D eigenvalue weighted by molar-refractivity contribution is 5.52. The summed E-state index contributed by atoms with van der Waals surface area (Å²) < 4.78 is 5.04. The average molecular weight is 254 g/mol. The van der Waals surface area contributed by atoms with Crippen LogP contribution in [0.4, 0.5) is 5.69 Å². The Labute approximate surface area is 110 Å². The van der Waals surface area contributed by atoms with Crippen molar-refractivity contribution in [3.05, 3.63) is 64.0 Å². The van der Waals surface area contributed by atoms with E-state index in [2.05, 4.69) is 16.8 Å². The maximum Gasteiger partial charge on any atom is 0.303 e. The van der Waals surface area contributed by atoms with Gasteiger partial charge in [0.2, 0.25) is 0 Å². The van der Waals surface area contributed by atoms with Crippen LogP contribution in [0.15, 0.2) is 42.7 Å². The quantitative estimate of drug-likeness (QED) is 0.469. The summed E-state index contributed by atoms with van der Waals surface area (Å²) >= 11 is 0. The second kappa shape index (κ2) is 5.65. The number of hydrogen-bond donors (Lipinski definition) is 0. The lowest BCUT2D eigenvalue weighted by Gasteiger charge is -1.97. The van der Waals surface area contributed by atoms with Crippen LogP contribution < -0.4 is 4.74 Å². The van der Waals surface area contributed by atoms with E-state index < -0.39 is 4.92 Å². The van der Waals surface area contributed by atoms with Gasteiger partial charge in [0.15, 0.2) is 0 Å². The molecule has 0 spiro atoms. The lowest BCUT2D eigenvalue weighted by Crippen LogP contribution is -1.92. The maximum atomic E-state index is 10.8. The monoisotopic (exact) mass is 254 g/mol. The smallest absolute Gasteiger partial charge is 0.303 e. The van der Waals surface area contributed by atoms with Gasteiger partial charge < -0.3 is 4.74 Å². The third-order valence-electron chi connectivity index (χ3n) is 2.43. The Morgan fingerprint density at radius 1 is 1.21 bits per heavy atom. The van der Waals surface area contributed by atoms with Gasteiger partial charge in [0.25, 0.3) is 0 Å². The molecule has 0 unspecified atom stereocenters. The third kappa shape index (κ3) is 3.07. The molecule has 2 rings (SSSR count). The summed E-state index contributed by atoms with van der Waals surface area (Å²) in [6.45, 7) is 0. The minimum atomic E-state index is -0.495. The van der Waals surface area contributed by atoms with E-state index in [-0.39, 0.29) is 5.69 Å². The summed E-state index contributed by atoms with van der Waals surface area (Å²) in [6.07, 6.45) is 2.67. The van der Waals surface area contributed by atoms with Gasteiger partial charge in [-0.3, -0.25) is 15.1 Å². The number of methoxy groups -OCH3 is 1. The van der Waals surface area contributed by atoms with Crippen LogP contribution in [-0.2, 0) is 0 Å². The van der Waals surface area contributed by atoms with Crippen LogP contribution in [-0.4, -0.2) is 17.0 Å². The number of nitro groups is 1. The third-order valence-corrected chi connectivity index (χ3v) is 2.43. The Hall–Kier alpha value is -2.87. The van der Waals surface area contributed by atoms with Crippen molar-refractivity contribution in [2.75, 3.05) is 7.11 Å². The molecule has 2 aromatic rings. The van der Waals surface area contributed by atoms with Gasteiger partial charge in [0.1, 0.15) is 17.5 Å². The predicted octanol–water partition coefficient (Wildman–Crippen LogP) is 2.40. The van der Waals surface area contributed by atoms with Crippen molar-refractivity contribution >= 4 is 5.69 Å². The van der Waals surface area contributed by atoms with E-state index in [1.165, 1.54) is 18.5 Å². The van der Waals surface area contributed by atoms with Crippen molar-refractivity contribution in [2.24, 2.45) is 0 Å². The lowest BCUT2D eigenvalue weighted by molar-refractivity contribution is -0.385. The van der Waals surface area contributed by atoms with Crippen LogP contribution >= 0.6 is 0 Å². The Morgan fingerprint density at radius 2 is 1.95 bits per heavy atom. The average Bonchev–Trinajstić information content (AvgIpc) is 2.46. The molecule has 1 aromatic carbocycles. The highest BCUT2D eigenvalue weighted by Crippen LogP contribution is 2.15. The zero-order valence-corrected chi connectivity index (χ0v) is 10.2. The first-order chi connectivity index (χ1) is 9.20. The molecule has 0 fully saturated rings. The number of hydrogen-bond acceptors (Lipinski definition) is 4. The summed E-state index contributed by atoms with van der Waals surface area (Å²) in [4.78, 5) is 14.0. The Balaban J connectivity index is 2.31. The molecule has 0 bridgehead atoms. The van der Waals surface area contributed by atoms with E-state index in [4.69, 9.17) is 4.74 Å². The van der Waals surface area contributed by atoms with Gasteiger partial charge in [-0.25, -0.2) is 0 Å². The molecule has 5 nitrogen and oxygen atoms in total. The molecule has 0 atom stereocenters. The molecule has 1 aromatic heterocycles. The molecule has 94 valence electrons. The highest BCUT2D eigenvalue weighted by atomic mass is 16.6. The summed E-state index contributed by atoms with van der Waals surface area (Å²) in [7, 11) is 1.58. The number of aromatic nitrogens is 1. The summed E-state index contributed by atoms with van der Waals surface area (Å²) in [5.74, 6) is 6.38. The molecular weight excluding hydrogens is 244 g/mol. The molecule has 1 heterocycles. The summed E-state index contributed by atoms with van der Waals surface area (Å²) in [6, 6.07) is 8.67. The molecule has 0 aliphatic carbocycles. The fraction of sp³-hybridized carbons (Fsp3) is 0.0714. The molecule has 0 amide bonds. The first-order valence-corrected chi connectivity index (χ1v) is 5.45. The van der Waals surface area contributed by atoms with Gasteiger partial charge in [-0.1, -0.05) is 11.8 Å². The van der Waals surface area contributed by atoms with Crippen LogP contribution in [0.5, 0.6) is 5.75 Å². The van der Waals surface area contributed by atoms with E-state index in [0.717, 1.165) is 11.3 Å². The van der Waals surface area contributed by atoms with Gasteiger partial charge in [0, 0.05) is 11.8 Å². The van der Waals surface area contributed by atoms with Gasteiger partial charge in [-0.15, -0.1) is 0 Å². The van der Waals surface area contributed by atoms with Crippen molar-refractivity contribution in [1.82, 2.24) is 4.98 Å². The molecule has 0 aliphatic rings. The van der Waals surface area contributed by atoms with Crippen LogP contribution in [0.2, 0.25) is 0 Å². The molecule has 19 heavy (non-hydrogen) atoms. The molecule has 0 saturated carbocycles. The van der Waals surface area contributed by atoms with Gasteiger partial charge in [-0.05, 0) is 30.3 Å². The minimum absolute atomic E-state index is 0.0940. The highest BCUT2D eigenvalue weighted by Gasteiger charge is 2.10. The summed E-state index contributed by atoms with van der Waals surface area (Å²) in [5.41, 5.74) is 1.01. The normalized spacial score (nSPS) is 9.32. The van der Waals surface area contributed by atoms with E-state index in [1.807, 2.05) is 0 Å². The number of rotatable bonds is 2. The van der Waals surface area contributed by atoms with E-state index in [9.17, 15) is 10.1 Å². The molecule has 0 N–H and O–H groups in total. The van der Waals surface area contributed by atoms with E-state index >= 15 is 0 Å². The van der Waals surface area contributed by atoms with Crippen LogP contribution in [0.25, 0.3) is 0 Å². The molecule has 0 saturated heterocycles.